The van der Waals surface area contributed by atoms with Gasteiger partial charge in [0.15, 0.2) is 0 Å². The van der Waals surface area contributed by atoms with E-state index in [1.165, 1.54) is 7.05 Å². The van der Waals surface area contributed by atoms with E-state index in [0.29, 0.717) is 0 Å². The average Bonchev–Trinajstić information content (AvgIpc) is 1.65. The topological polar surface area (TPSA) is 58.4 Å². The van der Waals surface area contributed by atoms with Gasteiger partial charge >= 0.3 is 6.03 Å². The Morgan fingerprint density at radius 3 is 1.56 bits per heavy atom. The third-order valence-corrected chi connectivity index (χ3v) is 0.246. The van der Waals surface area contributed by atoms with E-state index in [4.69, 9.17) is 0 Å². The maximum atomic E-state index is 9.48. The molecule has 56 valence electrons. The van der Waals surface area contributed by atoms with Gasteiger partial charge in [-0.25, -0.2) is 4.79 Å². The van der Waals surface area contributed by atoms with Gasteiger partial charge in [-0.05, 0) is 21.1 Å². The number of rotatable bonds is 0. The van der Waals surface area contributed by atoms with E-state index < -0.39 is 6.03 Å². The Labute approximate surface area is 56.0 Å². The highest BCUT2D eigenvalue weighted by Crippen LogP contribution is 1.47. The van der Waals surface area contributed by atoms with Gasteiger partial charge in [-0.2, -0.15) is 0 Å². The summed E-state index contributed by atoms with van der Waals surface area (Å²) in [4.78, 5) is 11.5. The molecule has 9 heavy (non-hydrogen) atoms. The lowest BCUT2D eigenvalue weighted by atomic mass is 11.0. The Kier molecular flexibility index (Phi) is 8.90. The summed E-state index contributed by atoms with van der Waals surface area (Å²) < 4.78 is 0. The lowest BCUT2D eigenvalue weighted by molar-refractivity contribution is 0.251. The number of hydrogen-bond acceptors (Lipinski definition) is 2. The molecule has 0 heterocycles. The van der Waals surface area contributed by atoms with Gasteiger partial charge in [0.05, 0.1) is 0 Å². The van der Waals surface area contributed by atoms with Crippen molar-refractivity contribution in [2.75, 3.05) is 28.2 Å². The number of hydrogen-bond donors (Lipinski definition) is 2. The summed E-state index contributed by atoms with van der Waals surface area (Å²) in [6, 6.07) is -0.495. The second-order valence-corrected chi connectivity index (χ2v) is 1.96. The number of carbonyl (C=O) groups is 1. The van der Waals surface area contributed by atoms with Crippen LogP contribution in [0.1, 0.15) is 0 Å². The van der Waals surface area contributed by atoms with Crippen LogP contribution in [0.5, 0.6) is 0 Å². The minimum atomic E-state index is -0.495. The molecule has 4 nitrogen and oxygen atoms in total. The molecule has 0 aliphatic heterocycles. The normalized spacial score (nSPS) is 7.67. The molecule has 0 aliphatic rings. The number of urea groups is 1. The van der Waals surface area contributed by atoms with Crippen molar-refractivity contribution in [1.29, 1.82) is 0 Å². The molecule has 0 bridgehead atoms. The fourth-order valence-electron chi connectivity index (χ4n) is 0. The molecule has 0 aromatic carbocycles. The van der Waals surface area contributed by atoms with E-state index in [-0.39, 0.29) is 0 Å². The molecule has 0 saturated carbocycles. The minimum absolute atomic E-state index is 0.495. The van der Waals surface area contributed by atoms with E-state index in [1.807, 2.05) is 26.0 Å². The first kappa shape index (κ1) is 11.1. The summed E-state index contributed by atoms with van der Waals surface area (Å²) in [6.07, 6.45) is 0. The third-order valence-electron chi connectivity index (χ3n) is 0.246. The standard InChI is InChI=1S/C3H9N.C2H6N2O/c1-4(2)3;1-4-2(3)5/h1-3H3;1H3,(H3,3,4,5). The predicted octanol–water partition coefficient (Wildman–Crippen LogP) is -0.538. The zero-order valence-electron chi connectivity index (χ0n) is 6.43. The van der Waals surface area contributed by atoms with Crippen molar-refractivity contribution in [2.45, 2.75) is 0 Å². The Balaban J connectivity index is 0. The van der Waals surface area contributed by atoms with Gasteiger partial charge in [0.25, 0.3) is 0 Å². The molecule has 3 N–H and O–H groups in total. The molecule has 0 aliphatic carbocycles. The molecule has 0 saturated heterocycles. The highest BCUT2D eigenvalue weighted by Gasteiger charge is 1.72. The van der Waals surface area contributed by atoms with Crippen molar-refractivity contribution in [3.63, 3.8) is 0 Å². The monoisotopic (exact) mass is 133 g/mol. The number of carbonyl (C=O) groups excluding carboxylic acids is 1. The number of amides is 2. The Morgan fingerprint density at radius 2 is 1.56 bits per heavy atom. The van der Waals surface area contributed by atoms with E-state index in [0.717, 1.165) is 0 Å². The summed E-state index contributed by atoms with van der Waals surface area (Å²) in [5.74, 6) is 0. The summed E-state index contributed by atoms with van der Waals surface area (Å²) in [5.41, 5.74) is 4.54. The molecule has 0 aromatic rings. The second-order valence-electron chi connectivity index (χ2n) is 1.96. The van der Waals surface area contributed by atoms with Crippen LogP contribution in [0, 0.1) is 0 Å². The SMILES string of the molecule is CN(C)C.CNC(N)=O. The van der Waals surface area contributed by atoms with Crippen molar-refractivity contribution in [3.05, 3.63) is 0 Å². The Hall–Kier alpha value is -0.770. The number of primary amides is 1. The minimum Gasteiger partial charge on any atom is -0.352 e. The van der Waals surface area contributed by atoms with Crippen LogP contribution in [0.15, 0.2) is 0 Å². The molecule has 0 radical (unpaired) electrons. The van der Waals surface area contributed by atoms with E-state index in [2.05, 4.69) is 11.1 Å². The van der Waals surface area contributed by atoms with Crippen molar-refractivity contribution >= 4 is 6.03 Å². The van der Waals surface area contributed by atoms with E-state index in [1.54, 1.807) is 0 Å². The molecular formula is C5H15N3O. The van der Waals surface area contributed by atoms with E-state index in [9.17, 15) is 4.79 Å². The van der Waals surface area contributed by atoms with E-state index >= 15 is 0 Å². The number of nitrogens with two attached hydrogens (primary N) is 1. The van der Waals surface area contributed by atoms with Crippen molar-refractivity contribution < 1.29 is 4.79 Å². The Bertz CT molecular complexity index is 69.8. The molecule has 4 heteroatoms. The lowest BCUT2D eigenvalue weighted by Crippen LogP contribution is -2.24. The number of nitrogens with one attached hydrogen (secondary N) is 1. The molecule has 0 spiro atoms. The molecule has 2 amide bonds. The summed E-state index contributed by atoms with van der Waals surface area (Å²) in [5, 5.41) is 2.17. The van der Waals surface area contributed by atoms with Crippen LogP contribution in [0.25, 0.3) is 0 Å². The summed E-state index contributed by atoms with van der Waals surface area (Å²) >= 11 is 0. The maximum Gasteiger partial charge on any atom is 0.311 e. The van der Waals surface area contributed by atoms with Crippen LogP contribution >= 0.6 is 0 Å². The van der Waals surface area contributed by atoms with Gasteiger partial charge in [-0.15, -0.1) is 0 Å². The van der Waals surface area contributed by atoms with Crippen molar-refractivity contribution in [1.82, 2.24) is 10.2 Å². The summed E-state index contributed by atoms with van der Waals surface area (Å²) in [6.45, 7) is 0. The first-order valence-corrected chi connectivity index (χ1v) is 2.58. The van der Waals surface area contributed by atoms with Crippen molar-refractivity contribution in [3.8, 4) is 0 Å². The smallest absolute Gasteiger partial charge is 0.311 e. The highest BCUT2D eigenvalue weighted by atomic mass is 16.2. The van der Waals surface area contributed by atoms with Crippen LogP contribution < -0.4 is 11.1 Å². The van der Waals surface area contributed by atoms with Gasteiger partial charge in [0.2, 0.25) is 0 Å². The van der Waals surface area contributed by atoms with Crippen molar-refractivity contribution in [2.24, 2.45) is 5.73 Å². The number of nitrogens with zero attached hydrogens (tertiary/aromatic N) is 1. The third kappa shape index (κ3) is 131. The zero-order valence-corrected chi connectivity index (χ0v) is 6.43. The van der Waals surface area contributed by atoms with Crippen LogP contribution in [-0.4, -0.2) is 39.1 Å². The molecule has 0 fully saturated rings. The second kappa shape index (κ2) is 7.23. The fraction of sp³-hybridized carbons (Fsp3) is 0.800. The predicted molar refractivity (Wildman–Crippen MR) is 38.3 cm³/mol. The van der Waals surface area contributed by atoms with Crippen LogP contribution in [-0.2, 0) is 0 Å². The average molecular weight is 133 g/mol. The largest absolute Gasteiger partial charge is 0.352 e. The van der Waals surface area contributed by atoms with Gasteiger partial charge in [-0.1, -0.05) is 0 Å². The molecule has 0 unspecified atom stereocenters. The van der Waals surface area contributed by atoms with Crippen LogP contribution in [0.4, 0.5) is 4.79 Å². The van der Waals surface area contributed by atoms with Crippen LogP contribution in [0.3, 0.4) is 0 Å². The van der Waals surface area contributed by atoms with Gasteiger partial charge in [0, 0.05) is 7.05 Å². The molecular weight excluding hydrogens is 118 g/mol. The van der Waals surface area contributed by atoms with Crippen LogP contribution in [0.2, 0.25) is 0 Å². The molecule has 0 atom stereocenters. The quantitative estimate of drug-likeness (QED) is 0.466. The lowest BCUT2D eigenvalue weighted by Gasteiger charge is -1.90. The maximum absolute atomic E-state index is 9.48. The fourth-order valence-corrected chi connectivity index (χ4v) is 0. The molecule has 0 aromatic heterocycles. The van der Waals surface area contributed by atoms with Gasteiger partial charge in [0.1, 0.15) is 0 Å². The highest BCUT2D eigenvalue weighted by molar-refractivity contribution is 5.71. The first-order valence-electron chi connectivity index (χ1n) is 2.58. The molecule has 0 rings (SSSR count). The first-order chi connectivity index (χ1) is 4.00. The zero-order chi connectivity index (χ0) is 7.86. The van der Waals surface area contributed by atoms with Gasteiger partial charge in [-0.3, -0.25) is 0 Å². The Morgan fingerprint density at radius 1 is 1.44 bits per heavy atom. The summed E-state index contributed by atoms with van der Waals surface area (Å²) in [7, 11) is 7.47. The van der Waals surface area contributed by atoms with Gasteiger partial charge < -0.3 is 16.0 Å².